The van der Waals surface area contributed by atoms with Crippen LogP contribution in [-0.4, -0.2) is 41.4 Å². The number of H-pyrrole nitrogens is 1. The highest BCUT2D eigenvalue weighted by Crippen LogP contribution is 2.27. The molecule has 0 saturated carbocycles. The number of benzene rings is 2. The topological polar surface area (TPSA) is 122 Å². The van der Waals surface area contributed by atoms with Crippen LogP contribution in [0, 0.1) is 5.82 Å². The smallest absolute Gasteiger partial charge is 0.229 e. The van der Waals surface area contributed by atoms with Crippen LogP contribution in [0.25, 0.3) is 10.9 Å². The van der Waals surface area contributed by atoms with Gasteiger partial charge in [-0.1, -0.05) is 0 Å². The molecule has 2 aromatic heterocycles. The molecule has 2 aromatic carbocycles. The summed E-state index contributed by atoms with van der Waals surface area (Å²) in [6.07, 6.45) is 2.65. The molecule has 11 heteroatoms. The van der Waals surface area contributed by atoms with Gasteiger partial charge in [-0.15, -0.1) is 0 Å². The number of aromatic amines is 1. The Labute approximate surface area is 177 Å². The normalized spacial score (nSPS) is 11.5. The lowest BCUT2D eigenvalue weighted by Crippen LogP contribution is -2.04. The number of aromatic nitrogens is 4. The maximum atomic E-state index is 13.6. The largest absolute Gasteiger partial charge is 0.494 e. The summed E-state index contributed by atoms with van der Waals surface area (Å²) in [5, 5.41) is 13.6. The molecule has 0 saturated heterocycles. The Balaban J connectivity index is 1.61. The molecule has 9 nitrogen and oxygen atoms in total. The molecule has 2 heterocycles. The first-order valence-corrected chi connectivity index (χ1v) is 11.2. The summed E-state index contributed by atoms with van der Waals surface area (Å²) in [6.45, 7) is 2.20. The van der Waals surface area contributed by atoms with Crippen LogP contribution in [0.5, 0.6) is 5.75 Å². The minimum atomic E-state index is -3.44. The van der Waals surface area contributed by atoms with Gasteiger partial charge in [0.25, 0.3) is 0 Å². The van der Waals surface area contributed by atoms with Crippen LogP contribution in [0.15, 0.2) is 53.6 Å². The summed E-state index contributed by atoms with van der Waals surface area (Å²) in [7, 11) is -3.44. The highest BCUT2D eigenvalue weighted by Gasteiger charge is 2.13. The van der Waals surface area contributed by atoms with Gasteiger partial charge in [-0.25, -0.2) is 17.8 Å². The summed E-state index contributed by atoms with van der Waals surface area (Å²) in [5.74, 6) is 1.09. The van der Waals surface area contributed by atoms with Gasteiger partial charge in [-0.3, -0.25) is 5.10 Å². The lowest BCUT2D eigenvalue weighted by Gasteiger charge is -2.11. The molecule has 0 aliphatic heterocycles. The van der Waals surface area contributed by atoms with Crippen molar-refractivity contribution < 1.29 is 17.5 Å². The molecule has 3 N–H and O–H groups in total. The maximum Gasteiger partial charge on any atom is 0.229 e. The number of nitrogens with one attached hydrogen (secondary N) is 3. The zero-order valence-corrected chi connectivity index (χ0v) is 17.5. The summed E-state index contributed by atoms with van der Waals surface area (Å²) in [6, 6.07) is 10.5. The van der Waals surface area contributed by atoms with E-state index in [2.05, 4.69) is 30.8 Å². The Morgan fingerprint density at radius 3 is 2.74 bits per heavy atom. The molecule has 4 aromatic rings. The van der Waals surface area contributed by atoms with Crippen LogP contribution in [0.3, 0.4) is 0 Å². The molecule has 4 rings (SSSR count). The van der Waals surface area contributed by atoms with Crippen molar-refractivity contribution in [3.05, 3.63) is 54.5 Å². The van der Waals surface area contributed by atoms with E-state index in [-0.39, 0.29) is 16.7 Å². The molecule has 0 radical (unpaired) electrons. The van der Waals surface area contributed by atoms with Crippen LogP contribution in [0.2, 0.25) is 0 Å². The van der Waals surface area contributed by atoms with Crippen molar-refractivity contribution in [2.24, 2.45) is 0 Å². The Kier molecular flexibility index (Phi) is 5.42. The van der Waals surface area contributed by atoms with Gasteiger partial charge in [0.1, 0.15) is 17.4 Å². The number of fused-ring (bicyclic) bond motifs is 1. The molecular weight excluding hydrogens is 423 g/mol. The standard InChI is InChI=1S/C20H19FN6O3S/c1-3-30-14-9-13(10-15(11-14)31(2,28)29)23-20-22-7-6-18(25-20)24-19-16-8-12(21)4-5-17(16)26-27-19/h4-11H,3H2,1-2H3,(H3,22,23,24,25,26,27). The van der Waals surface area contributed by atoms with E-state index in [1.54, 1.807) is 18.2 Å². The molecule has 0 aliphatic rings. The number of sulfone groups is 1. The molecule has 0 spiro atoms. The Bertz CT molecular complexity index is 1360. The van der Waals surface area contributed by atoms with Gasteiger partial charge in [0.15, 0.2) is 15.7 Å². The van der Waals surface area contributed by atoms with E-state index in [1.165, 1.54) is 30.5 Å². The van der Waals surface area contributed by atoms with E-state index in [9.17, 15) is 12.8 Å². The molecule has 0 amide bonds. The molecule has 0 fully saturated rings. The number of halogens is 1. The van der Waals surface area contributed by atoms with Crippen LogP contribution >= 0.6 is 0 Å². The predicted molar refractivity (Wildman–Crippen MR) is 115 cm³/mol. The minimum Gasteiger partial charge on any atom is -0.494 e. The van der Waals surface area contributed by atoms with Gasteiger partial charge in [0.05, 0.1) is 17.0 Å². The summed E-state index contributed by atoms with van der Waals surface area (Å²) >= 11 is 0. The number of nitrogens with zero attached hydrogens (tertiary/aromatic N) is 3. The quantitative estimate of drug-likeness (QED) is 0.395. The molecule has 160 valence electrons. The third kappa shape index (κ3) is 4.72. The van der Waals surface area contributed by atoms with E-state index in [4.69, 9.17) is 4.74 Å². The summed E-state index contributed by atoms with van der Waals surface area (Å²) in [4.78, 5) is 8.65. The minimum absolute atomic E-state index is 0.111. The van der Waals surface area contributed by atoms with Gasteiger partial charge in [0.2, 0.25) is 5.95 Å². The summed E-state index contributed by atoms with van der Waals surface area (Å²) < 4.78 is 43.0. The molecule has 31 heavy (non-hydrogen) atoms. The molecule has 0 aliphatic carbocycles. The first-order chi connectivity index (χ1) is 14.8. The first kappa shape index (κ1) is 20.5. The van der Waals surface area contributed by atoms with Gasteiger partial charge in [-0.2, -0.15) is 10.1 Å². The van der Waals surface area contributed by atoms with Crippen molar-refractivity contribution in [3.8, 4) is 5.75 Å². The first-order valence-electron chi connectivity index (χ1n) is 9.30. The lowest BCUT2D eigenvalue weighted by molar-refractivity contribution is 0.339. The van der Waals surface area contributed by atoms with Crippen LogP contribution in [0.1, 0.15) is 6.92 Å². The monoisotopic (exact) mass is 442 g/mol. The zero-order valence-electron chi connectivity index (χ0n) is 16.7. The Hall–Kier alpha value is -3.73. The van der Waals surface area contributed by atoms with E-state index in [0.29, 0.717) is 40.6 Å². The predicted octanol–water partition coefficient (Wildman–Crippen LogP) is 3.78. The lowest BCUT2D eigenvalue weighted by atomic mass is 10.2. The second kappa shape index (κ2) is 8.19. The van der Waals surface area contributed by atoms with Gasteiger partial charge in [-0.05, 0) is 43.3 Å². The Morgan fingerprint density at radius 2 is 1.97 bits per heavy atom. The number of ether oxygens (including phenoxy) is 1. The fraction of sp³-hybridized carbons (Fsp3) is 0.150. The van der Waals surface area contributed by atoms with Gasteiger partial charge >= 0.3 is 0 Å². The maximum absolute atomic E-state index is 13.6. The second-order valence-electron chi connectivity index (χ2n) is 6.68. The number of anilines is 4. The van der Waals surface area contributed by atoms with Crippen LogP contribution in [-0.2, 0) is 9.84 Å². The van der Waals surface area contributed by atoms with Gasteiger partial charge in [0, 0.05) is 29.6 Å². The van der Waals surface area contributed by atoms with Crippen molar-refractivity contribution in [2.45, 2.75) is 11.8 Å². The van der Waals surface area contributed by atoms with Crippen LogP contribution < -0.4 is 15.4 Å². The third-order valence-electron chi connectivity index (χ3n) is 4.30. The third-order valence-corrected chi connectivity index (χ3v) is 5.39. The SMILES string of the molecule is CCOc1cc(Nc2nccc(Nc3n[nH]c4ccc(F)cc34)n2)cc(S(C)(=O)=O)c1. The van der Waals surface area contributed by atoms with Crippen molar-refractivity contribution in [2.75, 3.05) is 23.5 Å². The van der Waals surface area contributed by atoms with Gasteiger partial charge < -0.3 is 15.4 Å². The average molecular weight is 442 g/mol. The van der Waals surface area contributed by atoms with Crippen molar-refractivity contribution in [3.63, 3.8) is 0 Å². The highest BCUT2D eigenvalue weighted by atomic mass is 32.2. The average Bonchev–Trinajstić information content (AvgIpc) is 3.09. The van der Waals surface area contributed by atoms with Crippen molar-refractivity contribution >= 4 is 44.0 Å². The van der Waals surface area contributed by atoms with E-state index in [1.807, 2.05) is 6.92 Å². The number of rotatable bonds is 7. The second-order valence-corrected chi connectivity index (χ2v) is 8.69. The Morgan fingerprint density at radius 1 is 1.13 bits per heavy atom. The summed E-state index contributed by atoms with van der Waals surface area (Å²) in [5.41, 5.74) is 1.13. The molecule has 0 bridgehead atoms. The van der Waals surface area contributed by atoms with Crippen molar-refractivity contribution in [1.82, 2.24) is 20.2 Å². The van der Waals surface area contributed by atoms with Crippen LogP contribution in [0.4, 0.5) is 27.7 Å². The zero-order chi connectivity index (χ0) is 22.0. The number of hydrogen-bond donors (Lipinski definition) is 3. The van der Waals surface area contributed by atoms with Crippen molar-refractivity contribution in [1.29, 1.82) is 0 Å². The molecule has 0 unspecified atom stereocenters. The fourth-order valence-electron chi connectivity index (χ4n) is 2.93. The van der Waals surface area contributed by atoms with E-state index >= 15 is 0 Å². The highest BCUT2D eigenvalue weighted by molar-refractivity contribution is 7.90. The molecular formula is C20H19FN6O3S. The van der Waals surface area contributed by atoms with E-state index in [0.717, 1.165) is 6.26 Å². The molecule has 0 atom stereocenters. The fourth-order valence-corrected chi connectivity index (χ4v) is 3.60. The van der Waals surface area contributed by atoms with E-state index < -0.39 is 9.84 Å². The number of hydrogen-bond acceptors (Lipinski definition) is 8.